The lowest BCUT2D eigenvalue weighted by Crippen LogP contribution is -2.12. The Balaban J connectivity index is 2.43. The summed E-state index contributed by atoms with van der Waals surface area (Å²) in [5.74, 6) is 0.287. The molecule has 0 aliphatic carbocycles. The monoisotopic (exact) mass is 269 g/mol. The van der Waals surface area contributed by atoms with Crippen LogP contribution in [0.25, 0.3) is 0 Å². The number of hydrogen-bond donors (Lipinski definition) is 2. The number of unbranched alkanes of at least 4 members (excludes halogenated alkanes) is 4. The molecule has 5 heteroatoms. The minimum absolute atomic E-state index is 0.0739. The highest BCUT2D eigenvalue weighted by atomic mass is 35.5. The second-order valence-corrected chi connectivity index (χ2v) is 4.53. The summed E-state index contributed by atoms with van der Waals surface area (Å²) in [5.41, 5.74) is 5.87. The summed E-state index contributed by atoms with van der Waals surface area (Å²) in [5, 5.41) is 7.69. The van der Waals surface area contributed by atoms with E-state index in [4.69, 9.17) is 27.5 Å². The molecule has 0 radical (unpaired) electrons. The predicted octanol–water partition coefficient (Wildman–Crippen LogP) is 3.37. The van der Waals surface area contributed by atoms with Gasteiger partial charge in [-0.3, -0.25) is 5.41 Å². The number of nitrogen functional groups attached to an aromatic ring is 1. The van der Waals surface area contributed by atoms with Crippen LogP contribution in [0.15, 0.2) is 12.3 Å². The molecule has 0 amide bonds. The van der Waals surface area contributed by atoms with Crippen molar-refractivity contribution < 1.29 is 4.74 Å². The summed E-state index contributed by atoms with van der Waals surface area (Å²) in [4.78, 5) is 4.05. The van der Waals surface area contributed by atoms with Gasteiger partial charge in [-0.05, 0) is 12.5 Å². The van der Waals surface area contributed by atoms with Gasteiger partial charge in [0.15, 0.2) is 0 Å². The minimum atomic E-state index is -0.0739. The van der Waals surface area contributed by atoms with E-state index in [2.05, 4.69) is 11.9 Å². The van der Waals surface area contributed by atoms with Crippen LogP contribution in [0.1, 0.15) is 44.6 Å². The molecule has 0 saturated carbocycles. The summed E-state index contributed by atoms with van der Waals surface area (Å²) in [6.45, 7) is 2.78. The molecule has 18 heavy (non-hydrogen) atoms. The molecule has 0 fully saturated rings. The topological polar surface area (TPSA) is 72.0 Å². The zero-order valence-electron chi connectivity index (χ0n) is 10.7. The van der Waals surface area contributed by atoms with E-state index in [1.807, 2.05) is 0 Å². The lowest BCUT2D eigenvalue weighted by atomic mass is 10.2. The van der Waals surface area contributed by atoms with E-state index in [1.165, 1.54) is 19.3 Å². The van der Waals surface area contributed by atoms with E-state index >= 15 is 0 Å². The fraction of sp³-hybridized carbons (Fsp3) is 0.538. The predicted molar refractivity (Wildman–Crippen MR) is 74.5 cm³/mol. The van der Waals surface area contributed by atoms with E-state index in [9.17, 15) is 0 Å². The molecular weight excluding hydrogens is 250 g/mol. The van der Waals surface area contributed by atoms with Gasteiger partial charge in [0.25, 0.3) is 0 Å². The maximum Gasteiger partial charge on any atom is 0.233 e. The number of pyridine rings is 1. The second kappa shape index (κ2) is 7.93. The van der Waals surface area contributed by atoms with Crippen LogP contribution in [-0.2, 0) is 0 Å². The lowest BCUT2D eigenvalue weighted by molar-refractivity contribution is 0.293. The molecule has 0 aliphatic rings. The van der Waals surface area contributed by atoms with E-state index in [0.29, 0.717) is 23.1 Å². The Morgan fingerprint density at radius 1 is 1.39 bits per heavy atom. The van der Waals surface area contributed by atoms with Crippen LogP contribution in [-0.4, -0.2) is 17.4 Å². The minimum Gasteiger partial charge on any atom is -0.477 e. The average Bonchev–Trinajstić information content (AvgIpc) is 2.35. The van der Waals surface area contributed by atoms with Crippen molar-refractivity contribution in [3.63, 3.8) is 0 Å². The van der Waals surface area contributed by atoms with Crippen molar-refractivity contribution in [1.29, 1.82) is 5.41 Å². The molecule has 1 rings (SSSR count). The van der Waals surface area contributed by atoms with E-state index < -0.39 is 0 Å². The van der Waals surface area contributed by atoms with Gasteiger partial charge in [-0.1, -0.05) is 44.2 Å². The van der Waals surface area contributed by atoms with Crippen LogP contribution < -0.4 is 10.5 Å². The molecule has 3 N–H and O–H groups in total. The molecule has 100 valence electrons. The van der Waals surface area contributed by atoms with Crippen molar-refractivity contribution in [2.75, 3.05) is 6.61 Å². The molecule has 4 nitrogen and oxygen atoms in total. The maximum absolute atomic E-state index is 7.37. The molecule has 0 atom stereocenters. The Hall–Kier alpha value is -1.29. The summed E-state index contributed by atoms with van der Waals surface area (Å²) < 4.78 is 5.51. The third kappa shape index (κ3) is 4.53. The average molecular weight is 270 g/mol. The fourth-order valence-electron chi connectivity index (χ4n) is 1.61. The number of amidine groups is 1. The van der Waals surface area contributed by atoms with Crippen LogP contribution in [0, 0.1) is 5.41 Å². The van der Waals surface area contributed by atoms with Crippen LogP contribution >= 0.6 is 11.6 Å². The van der Waals surface area contributed by atoms with Gasteiger partial charge in [0.05, 0.1) is 6.61 Å². The Morgan fingerprint density at radius 3 is 2.78 bits per heavy atom. The fourth-order valence-corrected chi connectivity index (χ4v) is 1.88. The van der Waals surface area contributed by atoms with Gasteiger partial charge in [0, 0.05) is 11.8 Å². The molecule has 0 saturated heterocycles. The number of hydrogen-bond acceptors (Lipinski definition) is 3. The smallest absolute Gasteiger partial charge is 0.233 e. The summed E-state index contributed by atoms with van der Waals surface area (Å²) in [7, 11) is 0. The van der Waals surface area contributed by atoms with Crippen molar-refractivity contribution >= 4 is 17.4 Å². The van der Waals surface area contributed by atoms with Crippen LogP contribution in [0.2, 0.25) is 5.02 Å². The van der Waals surface area contributed by atoms with Crippen LogP contribution in [0.5, 0.6) is 5.88 Å². The molecule has 0 aliphatic heterocycles. The van der Waals surface area contributed by atoms with Gasteiger partial charge in [0.1, 0.15) is 10.9 Å². The number of rotatable bonds is 8. The molecule has 0 bridgehead atoms. The number of aromatic nitrogens is 1. The van der Waals surface area contributed by atoms with Crippen LogP contribution in [0.4, 0.5) is 0 Å². The van der Waals surface area contributed by atoms with Gasteiger partial charge in [-0.2, -0.15) is 0 Å². The summed E-state index contributed by atoms with van der Waals surface area (Å²) in [6.07, 6.45) is 7.41. The zero-order chi connectivity index (χ0) is 13.4. The number of nitrogens with zero attached hydrogens (tertiary/aromatic N) is 1. The zero-order valence-corrected chi connectivity index (χ0v) is 11.5. The van der Waals surface area contributed by atoms with Crippen molar-refractivity contribution in [3.8, 4) is 5.88 Å². The molecule has 1 heterocycles. The Labute approximate surface area is 113 Å². The first-order valence-electron chi connectivity index (χ1n) is 6.28. The Morgan fingerprint density at radius 2 is 2.11 bits per heavy atom. The van der Waals surface area contributed by atoms with Gasteiger partial charge in [-0.25, -0.2) is 4.98 Å². The van der Waals surface area contributed by atoms with Crippen molar-refractivity contribution in [2.24, 2.45) is 5.73 Å². The third-order valence-electron chi connectivity index (χ3n) is 2.63. The van der Waals surface area contributed by atoms with Gasteiger partial charge < -0.3 is 10.5 Å². The molecule has 0 unspecified atom stereocenters. The highest BCUT2D eigenvalue weighted by Gasteiger charge is 2.10. The summed E-state index contributed by atoms with van der Waals surface area (Å²) >= 11 is 6.06. The molecule has 1 aromatic rings. The number of ether oxygens (including phenoxy) is 1. The molecular formula is C13H20ClN3O. The first-order chi connectivity index (χ1) is 8.66. The van der Waals surface area contributed by atoms with Gasteiger partial charge >= 0.3 is 0 Å². The first-order valence-corrected chi connectivity index (χ1v) is 6.66. The van der Waals surface area contributed by atoms with Gasteiger partial charge in [-0.15, -0.1) is 0 Å². The summed E-state index contributed by atoms with van der Waals surface area (Å²) in [6, 6.07) is 1.61. The van der Waals surface area contributed by atoms with Crippen molar-refractivity contribution in [3.05, 3.63) is 22.8 Å². The van der Waals surface area contributed by atoms with Crippen molar-refractivity contribution in [1.82, 2.24) is 4.98 Å². The Bertz CT molecular complexity index is 396. The highest BCUT2D eigenvalue weighted by Crippen LogP contribution is 2.25. The molecule has 0 aromatic carbocycles. The maximum atomic E-state index is 7.37. The van der Waals surface area contributed by atoms with Gasteiger partial charge in [0.2, 0.25) is 5.88 Å². The largest absolute Gasteiger partial charge is 0.477 e. The van der Waals surface area contributed by atoms with Crippen LogP contribution in [0.3, 0.4) is 0 Å². The lowest BCUT2D eigenvalue weighted by Gasteiger charge is -2.09. The van der Waals surface area contributed by atoms with E-state index in [1.54, 1.807) is 12.3 Å². The number of halogens is 1. The Kier molecular flexibility index (Phi) is 6.50. The van der Waals surface area contributed by atoms with Crippen molar-refractivity contribution in [2.45, 2.75) is 39.0 Å². The first kappa shape index (κ1) is 14.8. The standard InChI is InChI=1S/C13H20ClN3O/c1-2-3-4-5-6-9-18-13-11(14)10(12(15)16)7-8-17-13/h7-8H,2-6,9H2,1H3,(H3,15,16). The molecule has 1 aromatic heterocycles. The quantitative estimate of drug-likeness (QED) is 0.432. The second-order valence-electron chi connectivity index (χ2n) is 4.15. The number of nitrogens with two attached hydrogens (primary N) is 1. The third-order valence-corrected chi connectivity index (χ3v) is 3.00. The SMILES string of the molecule is CCCCCCCOc1nccc(C(=N)N)c1Cl. The molecule has 0 spiro atoms. The van der Waals surface area contributed by atoms with E-state index in [-0.39, 0.29) is 5.84 Å². The highest BCUT2D eigenvalue weighted by molar-refractivity contribution is 6.35. The normalized spacial score (nSPS) is 10.3. The number of nitrogens with one attached hydrogen (secondary N) is 1. The van der Waals surface area contributed by atoms with E-state index in [0.717, 1.165) is 12.8 Å².